The van der Waals surface area contributed by atoms with Crippen molar-refractivity contribution in [3.05, 3.63) is 104 Å². The van der Waals surface area contributed by atoms with Gasteiger partial charge in [-0.25, -0.2) is 0 Å². The number of nitrogens with zero attached hydrogens (tertiary/aromatic N) is 2. The van der Waals surface area contributed by atoms with E-state index < -0.39 is 0 Å². The van der Waals surface area contributed by atoms with Gasteiger partial charge in [-0.2, -0.15) is 0 Å². The summed E-state index contributed by atoms with van der Waals surface area (Å²) >= 11 is 1.34. The van der Waals surface area contributed by atoms with Gasteiger partial charge < -0.3 is 19.0 Å². The van der Waals surface area contributed by atoms with Crippen LogP contribution < -0.4 is 5.43 Å². The molecule has 0 aliphatic rings. The Morgan fingerprint density at radius 1 is 1.00 bits per heavy atom. The molecule has 4 aromatic rings. The van der Waals surface area contributed by atoms with Crippen molar-refractivity contribution in [2.75, 3.05) is 26.8 Å². The zero-order chi connectivity index (χ0) is 26.2. The van der Waals surface area contributed by atoms with Gasteiger partial charge in [0, 0.05) is 26.8 Å². The molecule has 0 saturated carbocycles. The van der Waals surface area contributed by atoms with Crippen molar-refractivity contribution in [2.45, 2.75) is 26.4 Å². The van der Waals surface area contributed by atoms with Gasteiger partial charge in [0.15, 0.2) is 5.43 Å². The molecule has 0 N–H and O–H groups in total. The van der Waals surface area contributed by atoms with E-state index in [1.807, 2.05) is 54.8 Å². The fourth-order valence-corrected chi connectivity index (χ4v) is 4.80. The number of amides is 2. The summed E-state index contributed by atoms with van der Waals surface area (Å²) in [5.41, 5.74) is 2.60. The second-order valence-corrected chi connectivity index (χ2v) is 9.82. The number of rotatable bonds is 11. The third-order valence-electron chi connectivity index (χ3n) is 6.05. The second kappa shape index (κ2) is 12.5. The molecule has 4 rings (SSSR count). The molecule has 0 spiro atoms. The number of aryl methyl sites for hydroxylation is 1. The van der Waals surface area contributed by atoms with Crippen LogP contribution in [0.1, 0.15) is 32.8 Å². The van der Waals surface area contributed by atoms with E-state index in [2.05, 4.69) is 0 Å². The summed E-state index contributed by atoms with van der Waals surface area (Å²) in [7, 11) is 1.61. The monoisotopic (exact) mass is 518 g/mol. The van der Waals surface area contributed by atoms with Gasteiger partial charge in [0.05, 0.1) is 28.6 Å². The molecule has 7 nitrogen and oxygen atoms in total. The van der Waals surface area contributed by atoms with Gasteiger partial charge in [0.1, 0.15) is 12.1 Å². The number of fused-ring (bicyclic) bond motifs is 1. The van der Waals surface area contributed by atoms with Crippen molar-refractivity contribution >= 4 is 34.1 Å². The van der Waals surface area contributed by atoms with Gasteiger partial charge >= 0.3 is 0 Å². The molecule has 0 atom stereocenters. The van der Waals surface area contributed by atoms with E-state index in [4.69, 9.17) is 9.15 Å². The minimum atomic E-state index is -0.255. The Hall–Kier alpha value is -3.75. The van der Waals surface area contributed by atoms with Crippen molar-refractivity contribution in [1.82, 2.24) is 9.80 Å². The molecule has 0 saturated heterocycles. The highest BCUT2D eigenvalue weighted by atomic mass is 32.1. The van der Waals surface area contributed by atoms with Crippen molar-refractivity contribution in [3.63, 3.8) is 0 Å². The summed E-state index contributed by atoms with van der Waals surface area (Å²) < 4.78 is 10.9. The minimum absolute atomic E-state index is 0.0685. The molecule has 0 unspecified atom stereocenters. The maximum absolute atomic E-state index is 13.7. The number of ether oxygens (including phenoxy) is 1. The number of hydrogen-bond donors (Lipinski definition) is 0. The highest BCUT2D eigenvalue weighted by molar-refractivity contribution is 7.12. The van der Waals surface area contributed by atoms with Gasteiger partial charge in [0.25, 0.3) is 5.91 Å². The zero-order valence-electron chi connectivity index (χ0n) is 21.0. The molecule has 0 radical (unpaired) electrons. The molecule has 2 heterocycles. The predicted molar refractivity (Wildman–Crippen MR) is 145 cm³/mol. The van der Waals surface area contributed by atoms with Gasteiger partial charge in [-0.3, -0.25) is 14.4 Å². The topological polar surface area (TPSA) is 80.1 Å². The molecule has 2 aromatic heterocycles. The van der Waals surface area contributed by atoms with E-state index in [-0.39, 0.29) is 30.3 Å². The quantitative estimate of drug-likeness (QED) is 0.265. The first-order chi connectivity index (χ1) is 18.0. The van der Waals surface area contributed by atoms with Crippen LogP contribution in [0.4, 0.5) is 0 Å². The van der Waals surface area contributed by atoms with Crippen molar-refractivity contribution < 1.29 is 18.7 Å². The highest BCUT2D eigenvalue weighted by Gasteiger charge is 2.24. The van der Waals surface area contributed by atoms with Crippen LogP contribution in [0.25, 0.3) is 11.0 Å². The number of hydrogen-bond acceptors (Lipinski definition) is 6. The lowest BCUT2D eigenvalue weighted by atomic mass is 10.1. The van der Waals surface area contributed by atoms with E-state index in [0.717, 1.165) is 11.1 Å². The first-order valence-electron chi connectivity index (χ1n) is 12.1. The lowest BCUT2D eigenvalue weighted by Gasteiger charge is -2.27. The fraction of sp³-hybridized carbons (Fsp3) is 0.276. The molecule has 0 aliphatic carbocycles. The average molecular weight is 519 g/mol. The molecule has 0 bridgehead atoms. The fourth-order valence-electron chi connectivity index (χ4n) is 4.11. The van der Waals surface area contributed by atoms with Gasteiger partial charge in [-0.05, 0) is 42.5 Å². The Morgan fingerprint density at radius 3 is 2.54 bits per heavy atom. The molecule has 192 valence electrons. The van der Waals surface area contributed by atoms with Crippen LogP contribution in [0.15, 0.2) is 81.5 Å². The summed E-state index contributed by atoms with van der Waals surface area (Å²) in [4.78, 5) is 43.8. The van der Waals surface area contributed by atoms with E-state index in [1.54, 1.807) is 35.1 Å². The number of thiophene rings is 1. The zero-order valence-corrected chi connectivity index (χ0v) is 21.8. The summed E-state index contributed by atoms with van der Waals surface area (Å²) in [5.74, 6) is -0.449. The molecular weight excluding hydrogens is 488 g/mol. The average Bonchev–Trinajstić information content (AvgIpc) is 3.45. The maximum Gasteiger partial charge on any atom is 0.264 e. The SMILES string of the molecule is COCCCN(CC(=O)N(Cc1ccccc1)Cc1coc2ccc(C)cc2c1=O)C(=O)c1cccs1. The van der Waals surface area contributed by atoms with Gasteiger partial charge in [-0.1, -0.05) is 48.0 Å². The van der Waals surface area contributed by atoms with Crippen molar-refractivity contribution in [3.8, 4) is 0 Å². The third-order valence-corrected chi connectivity index (χ3v) is 6.91. The van der Waals surface area contributed by atoms with E-state index in [0.29, 0.717) is 47.5 Å². The molecule has 2 amide bonds. The second-order valence-electron chi connectivity index (χ2n) is 8.88. The first kappa shape index (κ1) is 26.3. The standard InChI is InChI=1S/C29H30N2O5S/c1-21-11-12-25-24(16-21)28(33)23(20-36-25)18-31(17-22-8-4-3-5-9-22)27(32)19-30(13-7-14-35-2)29(34)26-10-6-15-37-26/h3-6,8-12,15-16,20H,7,13-14,17-19H2,1-2H3. The Labute approximate surface area is 219 Å². The van der Waals surface area contributed by atoms with E-state index in [1.165, 1.54) is 17.6 Å². The molecule has 8 heteroatoms. The van der Waals surface area contributed by atoms with E-state index >= 15 is 0 Å². The van der Waals surface area contributed by atoms with E-state index in [9.17, 15) is 14.4 Å². The Kier molecular flexibility index (Phi) is 8.87. The number of methoxy groups -OCH3 is 1. The Bertz CT molecular complexity index is 1400. The lowest BCUT2D eigenvalue weighted by Crippen LogP contribution is -2.43. The first-order valence-corrected chi connectivity index (χ1v) is 13.0. The molecule has 2 aromatic carbocycles. The molecular formula is C29H30N2O5S. The summed E-state index contributed by atoms with van der Waals surface area (Å²) in [6, 6.07) is 18.6. The minimum Gasteiger partial charge on any atom is -0.464 e. The number of benzene rings is 2. The highest BCUT2D eigenvalue weighted by Crippen LogP contribution is 2.17. The van der Waals surface area contributed by atoms with Crippen LogP contribution in [0.2, 0.25) is 0 Å². The summed E-state index contributed by atoms with van der Waals surface area (Å²) in [6.45, 7) is 3.04. The summed E-state index contributed by atoms with van der Waals surface area (Å²) in [6.07, 6.45) is 2.03. The lowest BCUT2D eigenvalue weighted by molar-refractivity contribution is -0.133. The summed E-state index contributed by atoms with van der Waals surface area (Å²) in [5, 5.41) is 2.32. The van der Waals surface area contributed by atoms with Crippen LogP contribution in [0.3, 0.4) is 0 Å². The van der Waals surface area contributed by atoms with Crippen LogP contribution >= 0.6 is 11.3 Å². The van der Waals surface area contributed by atoms with Crippen LogP contribution in [0.5, 0.6) is 0 Å². The van der Waals surface area contributed by atoms with Crippen molar-refractivity contribution in [2.24, 2.45) is 0 Å². The van der Waals surface area contributed by atoms with Gasteiger partial charge in [0.2, 0.25) is 5.91 Å². The molecule has 0 fully saturated rings. The third kappa shape index (κ3) is 6.72. The predicted octanol–water partition coefficient (Wildman–Crippen LogP) is 4.87. The van der Waals surface area contributed by atoms with Crippen LogP contribution in [0, 0.1) is 6.92 Å². The Balaban J connectivity index is 1.61. The number of carbonyl (C=O) groups is 2. The molecule has 0 aliphatic heterocycles. The largest absolute Gasteiger partial charge is 0.464 e. The number of carbonyl (C=O) groups excluding carboxylic acids is 2. The molecule has 37 heavy (non-hydrogen) atoms. The normalized spacial score (nSPS) is 11.0. The smallest absolute Gasteiger partial charge is 0.264 e. The van der Waals surface area contributed by atoms with Crippen LogP contribution in [-0.4, -0.2) is 48.4 Å². The van der Waals surface area contributed by atoms with Gasteiger partial charge in [-0.15, -0.1) is 11.3 Å². The maximum atomic E-state index is 13.7. The van der Waals surface area contributed by atoms with Crippen molar-refractivity contribution in [1.29, 1.82) is 0 Å². The Morgan fingerprint density at radius 2 is 1.81 bits per heavy atom. The van der Waals surface area contributed by atoms with Crippen LogP contribution in [-0.2, 0) is 22.6 Å².